The molecule has 1 aliphatic rings. The second-order valence-electron chi connectivity index (χ2n) is 8.69. The largest absolute Gasteiger partial charge is 0.0911 e. The minimum atomic E-state index is 0.849. The Hall–Kier alpha value is -3.68. The molecule has 0 bridgehead atoms. The predicted molar refractivity (Wildman–Crippen MR) is 154 cm³/mol. The van der Waals surface area contributed by atoms with Gasteiger partial charge in [0, 0.05) is 5.33 Å². The number of hydrogen-bond acceptors (Lipinski definition) is 0. The minimum absolute atomic E-state index is 0.849. The van der Waals surface area contributed by atoms with Crippen LogP contribution in [0.3, 0.4) is 0 Å². The van der Waals surface area contributed by atoms with Crippen molar-refractivity contribution in [3.63, 3.8) is 0 Å². The lowest BCUT2D eigenvalue weighted by Crippen LogP contribution is -2.30. The maximum Gasteiger partial charge on any atom is 0.0283 e. The Labute approximate surface area is 216 Å². The maximum atomic E-state index is 4.47. The molecule has 170 valence electrons. The van der Waals surface area contributed by atoms with Crippen molar-refractivity contribution in [3.05, 3.63) is 167 Å². The number of fused-ring (bicyclic) bond motifs is 1. The van der Waals surface area contributed by atoms with E-state index in [-0.39, 0.29) is 0 Å². The molecule has 0 atom stereocenters. The van der Waals surface area contributed by atoms with Crippen molar-refractivity contribution in [1.29, 1.82) is 0 Å². The van der Waals surface area contributed by atoms with Gasteiger partial charge in [0.2, 0.25) is 0 Å². The second-order valence-corrected chi connectivity index (χ2v) is 9.25. The van der Waals surface area contributed by atoms with Crippen molar-refractivity contribution in [3.8, 4) is 11.1 Å². The average molecular weight is 515 g/mol. The molecule has 0 saturated carbocycles. The summed E-state index contributed by atoms with van der Waals surface area (Å²) in [6.45, 7) is 4.47. The molecule has 0 amide bonds. The zero-order valence-corrected chi connectivity index (χ0v) is 21.2. The van der Waals surface area contributed by atoms with Crippen LogP contribution in [0.5, 0.6) is 0 Å². The van der Waals surface area contributed by atoms with E-state index >= 15 is 0 Å². The van der Waals surface area contributed by atoms with E-state index in [4.69, 9.17) is 0 Å². The van der Waals surface area contributed by atoms with Gasteiger partial charge in [0.25, 0.3) is 0 Å². The van der Waals surface area contributed by atoms with Crippen molar-refractivity contribution in [2.24, 2.45) is 0 Å². The van der Waals surface area contributed by atoms with E-state index in [0.717, 1.165) is 17.3 Å². The first kappa shape index (κ1) is 23.1. The lowest BCUT2D eigenvalue weighted by Gasteiger charge is -2.14. The van der Waals surface area contributed by atoms with Gasteiger partial charge in [-0.05, 0) is 67.5 Å². The SMILES string of the molecule is C=C1/C=C\C=C/C/C(c2ccccc2)=c2/cc(-c3ccc(CBr)cc3)cc/c2=C/1c1ccccc1. The van der Waals surface area contributed by atoms with Crippen LogP contribution in [0.4, 0.5) is 0 Å². The summed E-state index contributed by atoms with van der Waals surface area (Å²) in [4.78, 5) is 0. The number of alkyl halides is 1. The van der Waals surface area contributed by atoms with Crippen LogP contribution in [0.1, 0.15) is 23.1 Å². The van der Waals surface area contributed by atoms with Crippen LogP contribution < -0.4 is 10.4 Å². The molecule has 0 aliphatic heterocycles. The highest BCUT2D eigenvalue weighted by Gasteiger charge is 2.11. The van der Waals surface area contributed by atoms with Crippen LogP contribution >= 0.6 is 15.9 Å². The number of halogens is 1. The van der Waals surface area contributed by atoms with E-state index in [1.54, 1.807) is 0 Å². The van der Waals surface area contributed by atoms with E-state index < -0.39 is 0 Å². The highest BCUT2D eigenvalue weighted by molar-refractivity contribution is 9.08. The molecule has 0 unspecified atom stereocenters. The molecule has 0 aromatic heterocycles. The average Bonchev–Trinajstić information content (AvgIpc) is 2.92. The molecule has 0 fully saturated rings. The van der Waals surface area contributed by atoms with Gasteiger partial charge >= 0.3 is 0 Å². The van der Waals surface area contributed by atoms with E-state index in [2.05, 4.69) is 150 Å². The molecule has 4 aromatic carbocycles. The standard InChI is InChI=1S/C34H27Br/c1-25-11-5-2-10-16-31(28-12-6-3-7-13-28)33-23-30(27-19-17-26(24-35)18-20-27)21-22-32(33)34(25)29-14-8-4-9-15-29/h2-15,17-23H,1,16,24H2/b10-2-,11-5-,33-31+,34-32+. The van der Waals surface area contributed by atoms with Crippen LogP contribution in [0.25, 0.3) is 22.3 Å². The predicted octanol–water partition coefficient (Wildman–Crippen LogP) is 7.72. The first-order valence-electron chi connectivity index (χ1n) is 11.9. The summed E-state index contributed by atoms with van der Waals surface area (Å²) in [6.07, 6.45) is 9.43. The Morgan fingerprint density at radius 3 is 1.97 bits per heavy atom. The summed E-state index contributed by atoms with van der Waals surface area (Å²) in [5, 5.41) is 3.32. The lowest BCUT2D eigenvalue weighted by atomic mass is 9.90. The van der Waals surface area contributed by atoms with Crippen molar-refractivity contribution >= 4 is 27.1 Å². The highest BCUT2D eigenvalue weighted by Crippen LogP contribution is 2.24. The fourth-order valence-electron chi connectivity index (χ4n) is 4.64. The number of rotatable bonds is 4. The second kappa shape index (κ2) is 10.7. The number of benzene rings is 4. The fourth-order valence-corrected chi connectivity index (χ4v) is 5.01. The summed E-state index contributed by atoms with van der Waals surface area (Å²) >= 11 is 3.56. The van der Waals surface area contributed by atoms with Gasteiger partial charge < -0.3 is 0 Å². The Kier molecular flexibility index (Phi) is 7.07. The number of allylic oxidation sites excluding steroid dienone is 5. The van der Waals surface area contributed by atoms with E-state index in [9.17, 15) is 0 Å². The van der Waals surface area contributed by atoms with Gasteiger partial charge in [-0.2, -0.15) is 0 Å². The van der Waals surface area contributed by atoms with Crippen molar-refractivity contribution < 1.29 is 0 Å². The zero-order chi connectivity index (χ0) is 24.0. The van der Waals surface area contributed by atoms with Crippen LogP contribution in [-0.4, -0.2) is 0 Å². The van der Waals surface area contributed by atoms with Gasteiger partial charge in [-0.25, -0.2) is 0 Å². The third-order valence-electron chi connectivity index (χ3n) is 6.43. The highest BCUT2D eigenvalue weighted by atomic mass is 79.9. The van der Waals surface area contributed by atoms with Gasteiger partial charge in [0.1, 0.15) is 0 Å². The molecule has 0 N–H and O–H groups in total. The van der Waals surface area contributed by atoms with Crippen LogP contribution in [0.15, 0.2) is 140 Å². The van der Waals surface area contributed by atoms with Crippen LogP contribution in [0, 0.1) is 0 Å². The Balaban J connectivity index is 1.91. The van der Waals surface area contributed by atoms with E-state index in [0.29, 0.717) is 0 Å². The first-order chi connectivity index (χ1) is 17.2. The van der Waals surface area contributed by atoms with Gasteiger partial charge in [0.05, 0.1) is 0 Å². The Morgan fingerprint density at radius 1 is 0.629 bits per heavy atom. The topological polar surface area (TPSA) is 0 Å². The lowest BCUT2D eigenvalue weighted by molar-refractivity contribution is 1.32. The van der Waals surface area contributed by atoms with Gasteiger partial charge in [0.15, 0.2) is 0 Å². The summed E-state index contributed by atoms with van der Waals surface area (Å²) in [5.41, 5.74) is 9.62. The Bertz CT molecular complexity index is 1520. The number of hydrogen-bond donors (Lipinski definition) is 0. The maximum absolute atomic E-state index is 4.47. The molecule has 0 spiro atoms. The van der Waals surface area contributed by atoms with Crippen LogP contribution in [0.2, 0.25) is 0 Å². The first-order valence-corrected chi connectivity index (χ1v) is 13.0. The van der Waals surface area contributed by atoms with E-state index in [1.165, 1.54) is 49.4 Å². The van der Waals surface area contributed by atoms with Gasteiger partial charge in [-0.1, -0.05) is 144 Å². The fraction of sp³-hybridized carbons (Fsp3) is 0.0588. The summed E-state index contributed by atoms with van der Waals surface area (Å²) < 4.78 is 0. The van der Waals surface area contributed by atoms with Crippen molar-refractivity contribution in [2.45, 2.75) is 11.8 Å². The normalized spacial score (nSPS) is 18.5. The third-order valence-corrected chi connectivity index (χ3v) is 7.08. The van der Waals surface area contributed by atoms with Gasteiger partial charge in [-0.3, -0.25) is 0 Å². The molecular formula is C34H27Br. The Morgan fingerprint density at radius 2 is 1.29 bits per heavy atom. The molecule has 1 heteroatoms. The summed E-state index contributed by atoms with van der Waals surface area (Å²) in [5.74, 6) is 0. The molecule has 0 radical (unpaired) electrons. The van der Waals surface area contributed by atoms with Crippen LogP contribution in [-0.2, 0) is 5.33 Å². The molecular weight excluding hydrogens is 488 g/mol. The molecule has 0 heterocycles. The molecule has 35 heavy (non-hydrogen) atoms. The van der Waals surface area contributed by atoms with Gasteiger partial charge in [-0.15, -0.1) is 0 Å². The molecule has 4 aromatic rings. The molecule has 1 aliphatic carbocycles. The molecule has 5 rings (SSSR count). The third kappa shape index (κ3) is 5.06. The van der Waals surface area contributed by atoms with E-state index in [1.807, 2.05) is 0 Å². The molecule has 0 saturated heterocycles. The zero-order valence-electron chi connectivity index (χ0n) is 19.6. The van der Waals surface area contributed by atoms with Crippen molar-refractivity contribution in [1.82, 2.24) is 0 Å². The monoisotopic (exact) mass is 514 g/mol. The minimum Gasteiger partial charge on any atom is -0.0911 e. The molecule has 0 nitrogen and oxygen atoms in total. The summed E-state index contributed by atoms with van der Waals surface area (Å²) in [6, 6.07) is 37.0. The smallest absolute Gasteiger partial charge is 0.0283 e. The quantitative estimate of drug-likeness (QED) is 0.244. The summed E-state index contributed by atoms with van der Waals surface area (Å²) in [7, 11) is 0. The van der Waals surface area contributed by atoms with Crippen molar-refractivity contribution in [2.75, 3.05) is 0 Å².